The molecule has 0 saturated carbocycles. The number of nitrogens with zero attached hydrogens (tertiary/aromatic N) is 3. The molecule has 2 fully saturated rings. The van der Waals surface area contributed by atoms with E-state index in [0.717, 1.165) is 52.9 Å². The Bertz CT molecular complexity index is 1290. The van der Waals surface area contributed by atoms with Crippen molar-refractivity contribution in [1.29, 1.82) is 0 Å². The first-order valence-electron chi connectivity index (χ1n) is 11.4. The van der Waals surface area contributed by atoms with Crippen LogP contribution in [-0.4, -0.2) is 66.6 Å². The molecule has 208 valence electrons. The van der Waals surface area contributed by atoms with Crippen molar-refractivity contribution in [3.63, 3.8) is 0 Å². The van der Waals surface area contributed by atoms with Gasteiger partial charge in [-0.3, -0.25) is 19.7 Å². The molecular weight excluding hydrogens is 547 g/mol. The number of nitro benzene ring substituents is 1. The molecular formula is C24H22F3N3O8S. The molecule has 3 unspecified atom stereocenters. The maximum atomic E-state index is 13.2. The first kappa shape index (κ1) is 28.2. The SMILES string of the molecule is CC(=O)N(Oc1ccc(C(F)(F)F)cc1)C1C(=O)N2C(C(=O)OCc3ccc([N+](=O)[O-])cc3)C(C)(O)CS[C@H]12. The second-order valence-electron chi connectivity index (χ2n) is 9.14. The van der Waals surface area contributed by atoms with Gasteiger partial charge in [0.1, 0.15) is 17.6 Å². The van der Waals surface area contributed by atoms with Gasteiger partial charge in [-0.15, -0.1) is 11.8 Å². The lowest BCUT2D eigenvalue weighted by atomic mass is 9.91. The van der Waals surface area contributed by atoms with Crippen molar-refractivity contribution in [3.05, 3.63) is 69.8 Å². The molecule has 1 N–H and O–H groups in total. The molecule has 0 spiro atoms. The predicted molar refractivity (Wildman–Crippen MR) is 129 cm³/mol. The molecule has 2 saturated heterocycles. The van der Waals surface area contributed by atoms with E-state index < -0.39 is 57.5 Å². The summed E-state index contributed by atoms with van der Waals surface area (Å²) in [5.41, 5.74) is -2.32. The number of halogens is 3. The summed E-state index contributed by atoms with van der Waals surface area (Å²) in [7, 11) is 0. The highest BCUT2D eigenvalue weighted by Crippen LogP contribution is 2.44. The minimum absolute atomic E-state index is 0.0126. The number of alkyl halides is 3. The van der Waals surface area contributed by atoms with Gasteiger partial charge < -0.3 is 19.6 Å². The maximum absolute atomic E-state index is 13.2. The summed E-state index contributed by atoms with van der Waals surface area (Å²) < 4.78 is 43.9. The molecule has 11 nitrogen and oxygen atoms in total. The van der Waals surface area contributed by atoms with Crippen LogP contribution in [-0.2, 0) is 31.9 Å². The average Bonchev–Trinajstić information content (AvgIpc) is 2.86. The molecule has 2 heterocycles. The van der Waals surface area contributed by atoms with Gasteiger partial charge in [0.25, 0.3) is 17.5 Å². The van der Waals surface area contributed by atoms with E-state index in [0.29, 0.717) is 5.56 Å². The number of nitro groups is 1. The number of β-lactam (4-membered cyclic amide) rings is 1. The Hall–Kier alpha value is -3.85. The van der Waals surface area contributed by atoms with Crippen molar-refractivity contribution in [2.75, 3.05) is 5.75 Å². The molecule has 15 heteroatoms. The molecule has 2 amide bonds. The number of esters is 1. The van der Waals surface area contributed by atoms with Crippen molar-refractivity contribution >= 4 is 35.2 Å². The lowest BCUT2D eigenvalue weighted by molar-refractivity contribution is -0.384. The summed E-state index contributed by atoms with van der Waals surface area (Å²) >= 11 is 1.09. The van der Waals surface area contributed by atoms with Crippen LogP contribution in [0.3, 0.4) is 0 Å². The minimum atomic E-state index is -4.57. The van der Waals surface area contributed by atoms with Gasteiger partial charge in [0.2, 0.25) is 0 Å². The van der Waals surface area contributed by atoms with Gasteiger partial charge in [-0.25, -0.2) is 4.79 Å². The maximum Gasteiger partial charge on any atom is 0.416 e. The topological polar surface area (TPSA) is 140 Å². The number of fused-ring (bicyclic) bond motifs is 1. The Labute approximate surface area is 223 Å². The zero-order chi connectivity index (χ0) is 28.7. The zero-order valence-electron chi connectivity index (χ0n) is 20.5. The summed E-state index contributed by atoms with van der Waals surface area (Å²) in [6.45, 7) is 2.19. The third kappa shape index (κ3) is 5.63. The predicted octanol–water partition coefficient (Wildman–Crippen LogP) is 2.90. The van der Waals surface area contributed by atoms with Crippen molar-refractivity contribution in [2.24, 2.45) is 0 Å². The number of carbonyl (C=O) groups is 3. The molecule has 2 aliphatic rings. The summed E-state index contributed by atoms with van der Waals surface area (Å²) in [5, 5.41) is 21.6. The van der Waals surface area contributed by atoms with Crippen molar-refractivity contribution in [3.8, 4) is 5.75 Å². The third-order valence-electron chi connectivity index (χ3n) is 6.17. The zero-order valence-corrected chi connectivity index (χ0v) is 21.3. The average molecular weight is 570 g/mol. The van der Waals surface area contributed by atoms with E-state index in [-0.39, 0.29) is 23.8 Å². The Morgan fingerprint density at radius 1 is 1.21 bits per heavy atom. The fraction of sp³-hybridized carbons (Fsp3) is 0.375. The highest BCUT2D eigenvalue weighted by Gasteiger charge is 2.64. The van der Waals surface area contributed by atoms with Gasteiger partial charge in [0, 0.05) is 24.8 Å². The van der Waals surface area contributed by atoms with Gasteiger partial charge in [0.15, 0.2) is 17.8 Å². The standard InChI is InChI=1S/C24H22F3N3O8S/c1-13(31)29(38-17-9-5-15(6-10-17)24(25,26)27)18-20(32)28-19(23(2,34)12-39-21(18)28)22(33)37-11-14-3-7-16(8-4-14)30(35)36/h3-10,18-19,21,34H,11-12H2,1-2H3/t18?,19?,21-,23?/m1/s1. The summed E-state index contributed by atoms with van der Waals surface area (Å²) in [6, 6.07) is 6.20. The quantitative estimate of drug-likeness (QED) is 0.231. The fourth-order valence-corrected chi connectivity index (χ4v) is 5.68. The van der Waals surface area contributed by atoms with Crippen LogP contribution in [0.25, 0.3) is 0 Å². The van der Waals surface area contributed by atoms with Crippen LogP contribution < -0.4 is 4.84 Å². The van der Waals surface area contributed by atoms with Crippen LogP contribution in [0.4, 0.5) is 18.9 Å². The molecule has 2 aromatic carbocycles. The normalized spacial score (nSPS) is 24.3. The number of hydroxylamine groups is 2. The van der Waals surface area contributed by atoms with Crippen LogP contribution in [0, 0.1) is 10.1 Å². The van der Waals surface area contributed by atoms with E-state index in [1.54, 1.807) is 0 Å². The lowest BCUT2D eigenvalue weighted by Crippen LogP contribution is -2.79. The van der Waals surface area contributed by atoms with Crippen LogP contribution in [0.2, 0.25) is 0 Å². The van der Waals surface area contributed by atoms with Gasteiger partial charge in [0.05, 0.1) is 10.5 Å². The Morgan fingerprint density at radius 3 is 2.36 bits per heavy atom. The second kappa shape index (κ2) is 10.4. The number of ether oxygens (including phenoxy) is 1. The van der Waals surface area contributed by atoms with E-state index in [1.165, 1.54) is 31.2 Å². The van der Waals surface area contributed by atoms with Crippen LogP contribution in [0.15, 0.2) is 48.5 Å². The van der Waals surface area contributed by atoms with Crippen molar-refractivity contribution < 1.29 is 47.2 Å². The molecule has 4 atom stereocenters. The summed E-state index contributed by atoms with van der Waals surface area (Å²) in [6.07, 6.45) is -4.57. The molecule has 0 radical (unpaired) electrons. The molecule has 39 heavy (non-hydrogen) atoms. The number of rotatable bonds is 7. The van der Waals surface area contributed by atoms with Gasteiger partial charge in [-0.2, -0.15) is 18.2 Å². The van der Waals surface area contributed by atoms with Gasteiger partial charge in [-0.05, 0) is 48.9 Å². The lowest BCUT2D eigenvalue weighted by Gasteiger charge is -2.57. The third-order valence-corrected chi connectivity index (χ3v) is 7.74. The van der Waals surface area contributed by atoms with Crippen LogP contribution >= 0.6 is 11.8 Å². The molecule has 4 rings (SSSR count). The number of benzene rings is 2. The van der Waals surface area contributed by atoms with Crippen molar-refractivity contribution in [2.45, 2.75) is 49.7 Å². The van der Waals surface area contributed by atoms with Gasteiger partial charge >= 0.3 is 12.1 Å². The Kier molecular flexibility index (Phi) is 7.49. The van der Waals surface area contributed by atoms with Gasteiger partial charge in [-0.1, -0.05) is 0 Å². The number of carbonyl (C=O) groups excluding carboxylic acids is 3. The van der Waals surface area contributed by atoms with E-state index in [1.807, 2.05) is 0 Å². The Morgan fingerprint density at radius 2 is 1.82 bits per heavy atom. The van der Waals surface area contributed by atoms with Crippen LogP contribution in [0.1, 0.15) is 25.0 Å². The van der Waals surface area contributed by atoms with E-state index >= 15 is 0 Å². The molecule has 0 bridgehead atoms. The summed E-state index contributed by atoms with van der Waals surface area (Å²) in [5.74, 6) is -2.49. The highest BCUT2D eigenvalue weighted by atomic mass is 32.2. The van der Waals surface area contributed by atoms with E-state index in [9.17, 15) is 42.8 Å². The molecule has 0 aromatic heterocycles. The first-order chi connectivity index (χ1) is 18.2. The monoisotopic (exact) mass is 569 g/mol. The van der Waals surface area contributed by atoms with Crippen LogP contribution in [0.5, 0.6) is 5.75 Å². The number of thioether (sulfide) groups is 1. The Balaban J connectivity index is 1.48. The summed E-state index contributed by atoms with van der Waals surface area (Å²) in [4.78, 5) is 55.4. The highest BCUT2D eigenvalue weighted by molar-refractivity contribution is 8.00. The minimum Gasteiger partial charge on any atom is -0.459 e. The largest absolute Gasteiger partial charge is 0.459 e. The molecule has 0 aliphatic carbocycles. The number of aliphatic hydroxyl groups is 1. The number of hydrogen-bond acceptors (Lipinski definition) is 9. The first-order valence-corrected chi connectivity index (χ1v) is 12.5. The number of non-ortho nitro benzene ring substituents is 1. The molecule has 2 aliphatic heterocycles. The number of hydrogen-bond donors (Lipinski definition) is 1. The number of amides is 2. The van der Waals surface area contributed by atoms with E-state index in [4.69, 9.17) is 9.57 Å². The van der Waals surface area contributed by atoms with Crippen molar-refractivity contribution in [1.82, 2.24) is 9.96 Å². The fourth-order valence-electron chi connectivity index (χ4n) is 4.21. The van der Waals surface area contributed by atoms with E-state index in [2.05, 4.69) is 0 Å². The second-order valence-corrected chi connectivity index (χ2v) is 10.2. The molecule has 2 aromatic rings. The smallest absolute Gasteiger partial charge is 0.416 e.